The van der Waals surface area contributed by atoms with Crippen LogP contribution in [0, 0.1) is 0 Å². The fourth-order valence-corrected chi connectivity index (χ4v) is 5.49. The van der Waals surface area contributed by atoms with Crippen LogP contribution in [0.5, 0.6) is 5.75 Å². The smallest absolute Gasteiger partial charge is 0.259 e. The van der Waals surface area contributed by atoms with Crippen LogP contribution >= 0.6 is 23.1 Å². The Hall–Kier alpha value is -3.96. The zero-order valence-corrected chi connectivity index (χ0v) is 22.2. The molecule has 5 rings (SSSR count). The van der Waals surface area contributed by atoms with E-state index in [1.54, 1.807) is 23.5 Å². The van der Waals surface area contributed by atoms with Gasteiger partial charge in [0.15, 0.2) is 5.17 Å². The average Bonchev–Trinajstić information content (AvgIpc) is 3.56. The molecule has 0 unspecified atom stereocenters. The molecule has 3 amide bonds. The largest absolute Gasteiger partial charge is 0.492 e. The zero-order valence-electron chi connectivity index (χ0n) is 20.5. The summed E-state index contributed by atoms with van der Waals surface area (Å²) in [7, 11) is 0. The number of thioether (sulfide) groups is 1. The third kappa shape index (κ3) is 5.63. The van der Waals surface area contributed by atoms with E-state index < -0.39 is 6.04 Å². The molecule has 0 spiro atoms. The second kappa shape index (κ2) is 11.6. The Morgan fingerprint density at radius 1 is 1.08 bits per heavy atom. The number of amidine groups is 2. The van der Waals surface area contributed by atoms with Crippen molar-refractivity contribution in [3.05, 3.63) is 76.5 Å². The quantitative estimate of drug-likeness (QED) is 0.417. The maximum atomic E-state index is 13.4. The number of carbonyl (C=O) groups excluding carboxylic acids is 3. The molecule has 1 aromatic heterocycles. The van der Waals surface area contributed by atoms with Crippen molar-refractivity contribution in [3.8, 4) is 5.75 Å². The van der Waals surface area contributed by atoms with E-state index in [0.29, 0.717) is 46.8 Å². The van der Waals surface area contributed by atoms with Crippen LogP contribution in [0.3, 0.4) is 0 Å². The standard InChI is InChI=1S/C27H25N5O4S2/c1-2-36-22-12-6-5-11-20(22)29-24(34)16-38-27-31-19-10-4-3-9-18(19)25-30-21(26(35)32(25)27)14-23(33)28-15-17-8-7-13-37-17/h3-13,21H,2,14-16H2,1H3,(H,28,33)(H,29,34)/t21-/m0/s1. The summed E-state index contributed by atoms with van der Waals surface area (Å²) in [5.74, 6) is 0.188. The van der Waals surface area contributed by atoms with Crippen LogP contribution in [0.15, 0.2) is 76.0 Å². The summed E-state index contributed by atoms with van der Waals surface area (Å²) in [5, 5.41) is 8.01. The molecule has 2 aliphatic heterocycles. The lowest BCUT2D eigenvalue weighted by atomic mass is 10.1. The lowest BCUT2D eigenvalue weighted by Crippen LogP contribution is -2.42. The molecule has 3 aromatic rings. The maximum absolute atomic E-state index is 13.4. The highest BCUT2D eigenvalue weighted by molar-refractivity contribution is 8.14. The van der Waals surface area contributed by atoms with Crippen molar-refractivity contribution in [3.63, 3.8) is 0 Å². The minimum absolute atomic E-state index is 0.0183. The highest BCUT2D eigenvalue weighted by atomic mass is 32.2. The second-order valence-electron chi connectivity index (χ2n) is 8.38. The molecular weight excluding hydrogens is 522 g/mol. The monoisotopic (exact) mass is 547 g/mol. The molecule has 0 aliphatic carbocycles. The summed E-state index contributed by atoms with van der Waals surface area (Å²) in [6.45, 7) is 2.76. The van der Waals surface area contributed by atoms with Gasteiger partial charge in [0, 0.05) is 10.4 Å². The lowest BCUT2D eigenvalue weighted by Gasteiger charge is -2.25. The van der Waals surface area contributed by atoms with Gasteiger partial charge in [-0.25, -0.2) is 9.89 Å². The molecule has 9 nitrogen and oxygen atoms in total. The van der Waals surface area contributed by atoms with Gasteiger partial charge in [0.25, 0.3) is 5.91 Å². The molecule has 1 atom stereocenters. The molecule has 2 aliphatic rings. The second-order valence-corrected chi connectivity index (χ2v) is 10.4. The van der Waals surface area contributed by atoms with Gasteiger partial charge in [-0.15, -0.1) is 11.3 Å². The molecule has 0 fully saturated rings. The van der Waals surface area contributed by atoms with Gasteiger partial charge in [0.1, 0.15) is 17.6 Å². The number of hydrogen-bond donors (Lipinski definition) is 2. The first kappa shape index (κ1) is 25.7. The van der Waals surface area contributed by atoms with Crippen LogP contribution in [-0.4, -0.2) is 52.0 Å². The molecule has 0 bridgehead atoms. The summed E-state index contributed by atoms with van der Waals surface area (Å²) < 4.78 is 5.58. The van der Waals surface area contributed by atoms with Crippen molar-refractivity contribution in [1.82, 2.24) is 10.2 Å². The van der Waals surface area contributed by atoms with E-state index in [2.05, 4.69) is 20.6 Å². The number of amides is 3. The summed E-state index contributed by atoms with van der Waals surface area (Å²) >= 11 is 2.69. The van der Waals surface area contributed by atoms with Crippen LogP contribution in [0.1, 0.15) is 23.8 Å². The number of anilines is 1. The molecule has 0 radical (unpaired) electrons. The predicted octanol–water partition coefficient (Wildman–Crippen LogP) is 4.18. The first-order valence-electron chi connectivity index (χ1n) is 12.1. The Morgan fingerprint density at radius 2 is 1.89 bits per heavy atom. The summed E-state index contributed by atoms with van der Waals surface area (Å²) in [6, 6.07) is 17.6. The SMILES string of the molecule is CCOc1ccccc1NC(=O)CSC1=Nc2ccccc2C2=N[C@@H](CC(=O)NCc3cccs3)C(=O)N12. The van der Waals surface area contributed by atoms with Crippen LogP contribution in [0.25, 0.3) is 0 Å². The maximum Gasteiger partial charge on any atom is 0.259 e. The zero-order chi connectivity index (χ0) is 26.5. The Bertz CT molecular complexity index is 1420. The van der Waals surface area contributed by atoms with Crippen LogP contribution in [-0.2, 0) is 20.9 Å². The molecule has 2 aromatic carbocycles. The number of carbonyl (C=O) groups is 3. The molecular formula is C27H25N5O4S2. The van der Waals surface area contributed by atoms with Crippen LogP contribution in [0.4, 0.5) is 11.4 Å². The van der Waals surface area contributed by atoms with Gasteiger partial charge in [-0.05, 0) is 42.6 Å². The van der Waals surface area contributed by atoms with E-state index in [4.69, 9.17) is 4.74 Å². The number of rotatable bonds is 9. The summed E-state index contributed by atoms with van der Waals surface area (Å²) in [5.41, 5.74) is 1.94. The number of nitrogens with zero attached hydrogens (tertiary/aromatic N) is 3. The Kier molecular flexibility index (Phi) is 7.85. The number of hydrogen-bond acceptors (Lipinski definition) is 8. The number of aliphatic imine (C=N–C) groups is 2. The Labute approximate surface area is 228 Å². The van der Waals surface area contributed by atoms with Gasteiger partial charge >= 0.3 is 0 Å². The van der Waals surface area contributed by atoms with Crippen molar-refractivity contribution in [2.75, 3.05) is 17.7 Å². The molecule has 2 N–H and O–H groups in total. The van der Waals surface area contributed by atoms with E-state index >= 15 is 0 Å². The van der Waals surface area contributed by atoms with Crippen LogP contribution < -0.4 is 15.4 Å². The molecule has 3 heterocycles. The molecule has 0 saturated heterocycles. The van der Waals surface area contributed by atoms with E-state index in [-0.39, 0.29) is 29.9 Å². The van der Waals surface area contributed by atoms with Gasteiger partial charge in [-0.1, -0.05) is 42.1 Å². The number of benzene rings is 2. The van der Waals surface area contributed by atoms with Crippen molar-refractivity contribution >= 4 is 63.2 Å². The van der Waals surface area contributed by atoms with Gasteiger partial charge in [0.2, 0.25) is 11.8 Å². The number of ether oxygens (including phenoxy) is 1. The number of nitrogens with one attached hydrogen (secondary N) is 2. The average molecular weight is 548 g/mol. The van der Waals surface area contributed by atoms with Gasteiger partial charge < -0.3 is 15.4 Å². The number of fused-ring (bicyclic) bond motifs is 3. The molecule has 194 valence electrons. The van der Waals surface area contributed by atoms with E-state index in [1.165, 1.54) is 4.90 Å². The number of para-hydroxylation sites is 3. The fourth-order valence-electron chi connectivity index (χ4n) is 4.05. The van der Waals surface area contributed by atoms with Crippen molar-refractivity contribution in [2.24, 2.45) is 9.98 Å². The molecule has 11 heteroatoms. The summed E-state index contributed by atoms with van der Waals surface area (Å²) in [6.07, 6.45) is -0.0704. The normalized spacial score (nSPS) is 15.8. The topological polar surface area (TPSA) is 112 Å². The fraction of sp³-hybridized carbons (Fsp3) is 0.222. The lowest BCUT2D eigenvalue weighted by molar-refractivity contribution is -0.128. The molecule has 0 saturated carbocycles. The van der Waals surface area contributed by atoms with E-state index in [9.17, 15) is 14.4 Å². The highest BCUT2D eigenvalue weighted by Crippen LogP contribution is 2.34. The van der Waals surface area contributed by atoms with Gasteiger partial charge in [-0.2, -0.15) is 0 Å². The van der Waals surface area contributed by atoms with E-state index in [1.807, 2.05) is 60.8 Å². The highest BCUT2D eigenvalue weighted by Gasteiger charge is 2.42. The Morgan fingerprint density at radius 3 is 2.71 bits per heavy atom. The first-order valence-corrected chi connectivity index (χ1v) is 13.9. The van der Waals surface area contributed by atoms with Crippen molar-refractivity contribution in [2.45, 2.75) is 25.9 Å². The molecule has 38 heavy (non-hydrogen) atoms. The van der Waals surface area contributed by atoms with Crippen molar-refractivity contribution in [1.29, 1.82) is 0 Å². The van der Waals surface area contributed by atoms with Crippen LogP contribution in [0.2, 0.25) is 0 Å². The van der Waals surface area contributed by atoms with Gasteiger partial charge in [0.05, 0.1) is 36.7 Å². The van der Waals surface area contributed by atoms with Gasteiger partial charge in [-0.3, -0.25) is 19.4 Å². The minimum atomic E-state index is -0.864. The third-order valence-electron chi connectivity index (χ3n) is 5.76. The Balaban J connectivity index is 1.29. The van der Waals surface area contributed by atoms with Crippen molar-refractivity contribution < 1.29 is 19.1 Å². The summed E-state index contributed by atoms with van der Waals surface area (Å²) in [4.78, 5) is 50.5. The number of thiophene rings is 1. The third-order valence-corrected chi connectivity index (χ3v) is 7.57. The van der Waals surface area contributed by atoms with E-state index in [0.717, 1.165) is 16.6 Å². The minimum Gasteiger partial charge on any atom is -0.492 e. The first-order chi connectivity index (χ1) is 18.5. The predicted molar refractivity (Wildman–Crippen MR) is 150 cm³/mol.